The molecular formula is C16H19NO2. The van der Waals surface area contributed by atoms with Crippen LogP contribution in [0.15, 0.2) is 42.5 Å². The molecule has 0 saturated heterocycles. The molecule has 0 heterocycles. The van der Waals surface area contributed by atoms with Crippen LogP contribution in [0.25, 0.3) is 0 Å². The van der Waals surface area contributed by atoms with Crippen LogP contribution in [0.1, 0.15) is 24.1 Å². The van der Waals surface area contributed by atoms with Crippen LogP contribution in [0, 0.1) is 6.92 Å². The Morgan fingerprint density at radius 2 is 1.95 bits per heavy atom. The molecule has 0 amide bonds. The monoisotopic (exact) mass is 257 g/mol. The second kappa shape index (κ2) is 5.65. The van der Waals surface area contributed by atoms with Gasteiger partial charge in [0.2, 0.25) is 0 Å². The number of phenols is 1. The van der Waals surface area contributed by atoms with Gasteiger partial charge >= 0.3 is 0 Å². The van der Waals surface area contributed by atoms with Gasteiger partial charge in [-0.1, -0.05) is 18.2 Å². The van der Waals surface area contributed by atoms with E-state index in [2.05, 4.69) is 5.32 Å². The van der Waals surface area contributed by atoms with Crippen molar-refractivity contribution in [2.45, 2.75) is 19.9 Å². The van der Waals surface area contributed by atoms with Crippen LogP contribution in [0.2, 0.25) is 0 Å². The molecule has 0 radical (unpaired) electrons. The van der Waals surface area contributed by atoms with Crippen molar-refractivity contribution in [1.82, 2.24) is 0 Å². The standard InChI is InChI=1S/C16H19NO2/c1-11-7-8-15(16(18)9-11)12(2)17-13-5-4-6-14(10-13)19-3/h4-10,12,17-18H,1-3H3. The number of hydrogen-bond acceptors (Lipinski definition) is 3. The predicted octanol–water partition coefficient (Wildman–Crippen LogP) is 3.88. The molecule has 0 aliphatic rings. The first-order valence-electron chi connectivity index (χ1n) is 6.30. The summed E-state index contributed by atoms with van der Waals surface area (Å²) >= 11 is 0. The number of phenolic OH excluding ortho intramolecular Hbond substituents is 1. The Morgan fingerprint density at radius 1 is 1.16 bits per heavy atom. The summed E-state index contributed by atoms with van der Waals surface area (Å²) in [4.78, 5) is 0. The lowest BCUT2D eigenvalue weighted by atomic mass is 10.0. The third-order valence-electron chi connectivity index (χ3n) is 3.11. The van der Waals surface area contributed by atoms with Gasteiger partial charge in [0.1, 0.15) is 11.5 Å². The zero-order valence-electron chi connectivity index (χ0n) is 11.5. The van der Waals surface area contributed by atoms with Crippen molar-refractivity contribution in [2.24, 2.45) is 0 Å². The van der Waals surface area contributed by atoms with Gasteiger partial charge in [-0.15, -0.1) is 0 Å². The predicted molar refractivity (Wildman–Crippen MR) is 77.9 cm³/mol. The summed E-state index contributed by atoms with van der Waals surface area (Å²) in [6.07, 6.45) is 0. The quantitative estimate of drug-likeness (QED) is 0.873. The van der Waals surface area contributed by atoms with E-state index >= 15 is 0 Å². The van der Waals surface area contributed by atoms with E-state index in [1.54, 1.807) is 13.2 Å². The van der Waals surface area contributed by atoms with Crippen LogP contribution in [-0.2, 0) is 0 Å². The van der Waals surface area contributed by atoms with E-state index in [-0.39, 0.29) is 6.04 Å². The first kappa shape index (κ1) is 13.3. The highest BCUT2D eigenvalue weighted by molar-refractivity contribution is 5.51. The van der Waals surface area contributed by atoms with Crippen molar-refractivity contribution in [1.29, 1.82) is 0 Å². The van der Waals surface area contributed by atoms with Crippen molar-refractivity contribution >= 4 is 5.69 Å². The average molecular weight is 257 g/mol. The van der Waals surface area contributed by atoms with E-state index in [4.69, 9.17) is 4.74 Å². The topological polar surface area (TPSA) is 41.5 Å². The Labute approximate surface area is 113 Å². The van der Waals surface area contributed by atoms with Crippen LogP contribution in [0.5, 0.6) is 11.5 Å². The molecule has 0 fully saturated rings. The highest BCUT2D eigenvalue weighted by Crippen LogP contribution is 2.28. The fraction of sp³-hybridized carbons (Fsp3) is 0.250. The van der Waals surface area contributed by atoms with Gasteiger partial charge in [0, 0.05) is 17.3 Å². The van der Waals surface area contributed by atoms with Gasteiger partial charge in [-0.25, -0.2) is 0 Å². The lowest BCUT2D eigenvalue weighted by molar-refractivity contribution is 0.415. The molecular weight excluding hydrogens is 238 g/mol. The molecule has 3 heteroatoms. The minimum Gasteiger partial charge on any atom is -0.508 e. The number of ether oxygens (including phenoxy) is 1. The Balaban J connectivity index is 2.17. The van der Waals surface area contributed by atoms with Crippen molar-refractivity contribution in [3.05, 3.63) is 53.6 Å². The summed E-state index contributed by atoms with van der Waals surface area (Å²) in [6.45, 7) is 3.98. The summed E-state index contributed by atoms with van der Waals surface area (Å²) in [6, 6.07) is 13.5. The normalized spacial score (nSPS) is 11.9. The van der Waals surface area contributed by atoms with Crippen molar-refractivity contribution in [3.63, 3.8) is 0 Å². The Kier molecular flexibility index (Phi) is 3.95. The van der Waals surface area contributed by atoms with Gasteiger partial charge in [-0.3, -0.25) is 0 Å². The maximum Gasteiger partial charge on any atom is 0.121 e. The third-order valence-corrected chi connectivity index (χ3v) is 3.11. The van der Waals surface area contributed by atoms with Crippen LogP contribution < -0.4 is 10.1 Å². The second-order valence-corrected chi connectivity index (χ2v) is 4.66. The van der Waals surface area contributed by atoms with Crippen molar-refractivity contribution in [3.8, 4) is 11.5 Å². The molecule has 0 aliphatic heterocycles. The molecule has 0 aromatic heterocycles. The van der Waals surface area contributed by atoms with Crippen molar-refractivity contribution in [2.75, 3.05) is 12.4 Å². The van der Waals surface area contributed by atoms with Crippen LogP contribution in [0.3, 0.4) is 0 Å². The number of aromatic hydroxyl groups is 1. The molecule has 2 N–H and O–H groups in total. The fourth-order valence-electron chi connectivity index (χ4n) is 2.06. The number of anilines is 1. The van der Waals surface area contributed by atoms with E-state index < -0.39 is 0 Å². The Morgan fingerprint density at radius 3 is 2.63 bits per heavy atom. The SMILES string of the molecule is COc1cccc(NC(C)c2ccc(C)cc2O)c1. The summed E-state index contributed by atoms with van der Waals surface area (Å²) in [5.74, 6) is 1.13. The number of methoxy groups -OCH3 is 1. The zero-order chi connectivity index (χ0) is 13.8. The minimum atomic E-state index is 0.0210. The number of rotatable bonds is 4. The molecule has 2 rings (SSSR count). The molecule has 19 heavy (non-hydrogen) atoms. The Hall–Kier alpha value is -2.16. The van der Waals surface area contributed by atoms with Crippen LogP contribution in [0.4, 0.5) is 5.69 Å². The van der Waals surface area contributed by atoms with Gasteiger partial charge in [0.15, 0.2) is 0 Å². The summed E-state index contributed by atoms with van der Waals surface area (Å²) in [7, 11) is 1.65. The van der Waals surface area contributed by atoms with Gasteiger partial charge in [0.05, 0.1) is 13.2 Å². The maximum absolute atomic E-state index is 9.98. The molecule has 100 valence electrons. The van der Waals surface area contributed by atoms with E-state index in [0.29, 0.717) is 5.75 Å². The lowest BCUT2D eigenvalue weighted by Crippen LogP contribution is -2.07. The summed E-state index contributed by atoms with van der Waals surface area (Å²) < 4.78 is 5.19. The minimum absolute atomic E-state index is 0.0210. The molecule has 2 aromatic rings. The summed E-state index contributed by atoms with van der Waals surface area (Å²) in [5.41, 5.74) is 2.90. The van der Waals surface area contributed by atoms with E-state index in [1.165, 1.54) is 0 Å². The number of hydrogen-bond donors (Lipinski definition) is 2. The highest BCUT2D eigenvalue weighted by atomic mass is 16.5. The molecule has 2 aromatic carbocycles. The second-order valence-electron chi connectivity index (χ2n) is 4.66. The molecule has 1 atom stereocenters. The largest absolute Gasteiger partial charge is 0.508 e. The van der Waals surface area contributed by atoms with Gasteiger partial charge < -0.3 is 15.2 Å². The Bertz CT molecular complexity index is 566. The molecule has 0 aliphatic carbocycles. The molecule has 1 unspecified atom stereocenters. The number of aryl methyl sites for hydroxylation is 1. The highest BCUT2D eigenvalue weighted by Gasteiger charge is 2.10. The van der Waals surface area contributed by atoms with E-state index in [9.17, 15) is 5.11 Å². The molecule has 3 nitrogen and oxygen atoms in total. The molecule has 0 saturated carbocycles. The average Bonchev–Trinajstić information content (AvgIpc) is 2.38. The van der Waals surface area contributed by atoms with Crippen LogP contribution in [-0.4, -0.2) is 12.2 Å². The van der Waals surface area contributed by atoms with Gasteiger partial charge in [-0.2, -0.15) is 0 Å². The number of nitrogens with one attached hydrogen (secondary N) is 1. The smallest absolute Gasteiger partial charge is 0.121 e. The first-order valence-corrected chi connectivity index (χ1v) is 6.30. The fourth-order valence-corrected chi connectivity index (χ4v) is 2.06. The number of benzene rings is 2. The van der Waals surface area contributed by atoms with Gasteiger partial charge in [0.25, 0.3) is 0 Å². The molecule has 0 spiro atoms. The maximum atomic E-state index is 9.98. The van der Waals surface area contributed by atoms with E-state index in [1.807, 2.05) is 50.2 Å². The van der Waals surface area contributed by atoms with Crippen LogP contribution >= 0.6 is 0 Å². The van der Waals surface area contributed by atoms with E-state index in [0.717, 1.165) is 22.6 Å². The lowest BCUT2D eigenvalue weighted by Gasteiger charge is -2.17. The zero-order valence-corrected chi connectivity index (χ0v) is 11.5. The first-order chi connectivity index (χ1) is 9.10. The summed E-state index contributed by atoms with van der Waals surface area (Å²) in [5, 5.41) is 13.3. The van der Waals surface area contributed by atoms with Gasteiger partial charge in [-0.05, 0) is 37.6 Å². The van der Waals surface area contributed by atoms with Crippen molar-refractivity contribution < 1.29 is 9.84 Å². The third kappa shape index (κ3) is 3.19. The molecule has 0 bridgehead atoms.